The number of nitrogens with zero attached hydrogens (tertiary/aromatic N) is 1. The molecule has 29 heavy (non-hydrogen) atoms. The van der Waals surface area contributed by atoms with Crippen molar-refractivity contribution < 1.29 is 32.7 Å². The van der Waals surface area contributed by atoms with Crippen molar-refractivity contribution in [3.05, 3.63) is 48.0 Å². The number of oxime groups is 1. The minimum Gasteiger partial charge on any atom is -0.486 e. The average Bonchev–Trinajstić information content (AvgIpc) is 2.70. The molecule has 10 heteroatoms. The predicted octanol–water partition coefficient (Wildman–Crippen LogP) is 2.70. The van der Waals surface area contributed by atoms with Gasteiger partial charge < -0.3 is 24.9 Å². The molecule has 0 saturated heterocycles. The van der Waals surface area contributed by atoms with Crippen LogP contribution < -0.4 is 20.1 Å². The highest BCUT2D eigenvalue weighted by atomic mass is 19.1. The largest absolute Gasteiger partial charge is 0.486 e. The van der Waals surface area contributed by atoms with E-state index in [-0.39, 0.29) is 5.69 Å². The van der Waals surface area contributed by atoms with Gasteiger partial charge in [-0.2, -0.15) is 0 Å². The van der Waals surface area contributed by atoms with E-state index >= 15 is 0 Å². The Morgan fingerprint density at radius 2 is 1.86 bits per heavy atom. The van der Waals surface area contributed by atoms with Crippen LogP contribution in [0.2, 0.25) is 0 Å². The van der Waals surface area contributed by atoms with Gasteiger partial charge in [0.2, 0.25) is 6.10 Å². The molecule has 0 aliphatic carbocycles. The van der Waals surface area contributed by atoms with Crippen LogP contribution in [0.5, 0.6) is 11.5 Å². The molecule has 0 saturated carbocycles. The highest BCUT2D eigenvalue weighted by molar-refractivity contribution is 6.31. The molecule has 2 aromatic rings. The lowest BCUT2D eigenvalue weighted by molar-refractivity contribution is -0.126. The first-order chi connectivity index (χ1) is 13.9. The second kappa shape index (κ2) is 9.00. The van der Waals surface area contributed by atoms with Gasteiger partial charge in [-0.15, -0.1) is 0 Å². The van der Waals surface area contributed by atoms with Crippen LogP contribution in [0.25, 0.3) is 0 Å². The number of nitrogens with one attached hydrogen (secondary N) is 2. The van der Waals surface area contributed by atoms with Crippen LogP contribution in [0.4, 0.5) is 20.2 Å². The topological polar surface area (TPSA) is 98.2 Å². The third-order valence-electron chi connectivity index (χ3n) is 3.76. The van der Waals surface area contributed by atoms with Crippen molar-refractivity contribution in [2.24, 2.45) is 5.16 Å². The van der Waals surface area contributed by atoms with Crippen molar-refractivity contribution in [3.8, 4) is 11.5 Å². The molecule has 1 atom stereocenters. The highest BCUT2D eigenvalue weighted by Gasteiger charge is 2.17. The zero-order chi connectivity index (χ0) is 20.8. The molecule has 2 amide bonds. The Balaban J connectivity index is 1.49. The number of benzene rings is 2. The fourth-order valence-electron chi connectivity index (χ4n) is 2.34. The Hall–Kier alpha value is -3.69. The van der Waals surface area contributed by atoms with E-state index in [1.165, 1.54) is 6.92 Å². The molecule has 0 radical (unpaired) electrons. The van der Waals surface area contributed by atoms with E-state index < -0.39 is 29.6 Å². The molecule has 0 bridgehead atoms. The number of halogens is 2. The molecule has 0 fully saturated rings. The first kappa shape index (κ1) is 20.1. The Bertz CT molecular complexity index is 951. The minimum absolute atomic E-state index is 0.216. The van der Waals surface area contributed by atoms with Gasteiger partial charge in [0.25, 0.3) is 11.8 Å². The Morgan fingerprint density at radius 1 is 1.10 bits per heavy atom. The van der Waals surface area contributed by atoms with Gasteiger partial charge in [0, 0.05) is 17.8 Å². The molecule has 1 aliphatic rings. The van der Waals surface area contributed by atoms with Gasteiger partial charge in [-0.3, -0.25) is 9.59 Å². The Kier molecular flexibility index (Phi) is 6.22. The van der Waals surface area contributed by atoms with Crippen molar-refractivity contribution in [1.82, 2.24) is 0 Å². The highest BCUT2D eigenvalue weighted by Crippen LogP contribution is 2.32. The molecule has 3 rings (SSSR count). The molecule has 0 spiro atoms. The van der Waals surface area contributed by atoms with Crippen LogP contribution >= 0.6 is 0 Å². The van der Waals surface area contributed by atoms with Crippen molar-refractivity contribution in [2.45, 2.75) is 13.0 Å². The van der Waals surface area contributed by atoms with E-state index in [0.29, 0.717) is 36.5 Å². The van der Waals surface area contributed by atoms with Gasteiger partial charge >= 0.3 is 0 Å². The molecular weight excluding hydrogens is 388 g/mol. The van der Waals surface area contributed by atoms with Gasteiger partial charge in [0.15, 0.2) is 11.5 Å². The number of ether oxygens (including phenoxy) is 2. The summed E-state index contributed by atoms with van der Waals surface area (Å²) in [6.07, 6.45) is -0.286. The third-order valence-corrected chi connectivity index (χ3v) is 3.76. The summed E-state index contributed by atoms with van der Waals surface area (Å²) in [6, 6.07) is 7.64. The molecule has 0 aromatic heterocycles. The fourth-order valence-corrected chi connectivity index (χ4v) is 2.34. The number of fused-ring (bicyclic) bond motifs is 1. The van der Waals surface area contributed by atoms with E-state index in [1.807, 2.05) is 0 Å². The number of hydrogen-bond donors (Lipinski definition) is 2. The Labute approximate surface area is 164 Å². The second-order valence-electron chi connectivity index (χ2n) is 5.94. The lowest BCUT2D eigenvalue weighted by atomic mass is 10.2. The van der Waals surface area contributed by atoms with Gasteiger partial charge in [0.1, 0.15) is 31.1 Å². The summed E-state index contributed by atoms with van der Waals surface area (Å²) in [5.74, 6) is -1.91. The zero-order valence-corrected chi connectivity index (χ0v) is 15.3. The number of rotatable bonds is 6. The van der Waals surface area contributed by atoms with Crippen LogP contribution in [0.3, 0.4) is 0 Å². The zero-order valence-electron chi connectivity index (χ0n) is 15.3. The predicted molar refractivity (Wildman–Crippen MR) is 100 cm³/mol. The summed E-state index contributed by atoms with van der Waals surface area (Å²) >= 11 is 0. The maximum absolute atomic E-state index is 13.5. The first-order valence-electron chi connectivity index (χ1n) is 8.58. The van der Waals surface area contributed by atoms with Gasteiger partial charge in [0.05, 0.1) is 5.69 Å². The standard InChI is InChI=1S/C19H17F2N3O5/c1-11(19(26)23-13-3-5-16-17(9-13)28-7-6-27-16)29-22-10-18(25)24-15-4-2-12(20)8-14(15)21/h2-5,8-11H,6-7H2,1H3,(H,23,26)(H,24,25)/b22-10+. The molecule has 1 unspecified atom stereocenters. The van der Waals surface area contributed by atoms with Crippen LogP contribution in [-0.4, -0.2) is 37.3 Å². The Morgan fingerprint density at radius 3 is 2.62 bits per heavy atom. The maximum Gasteiger partial charge on any atom is 0.270 e. The van der Waals surface area contributed by atoms with Crippen LogP contribution in [0.1, 0.15) is 6.92 Å². The SMILES string of the molecule is CC(O/N=C/C(=O)Nc1ccc(F)cc1F)C(=O)Nc1ccc2c(c1)OCCO2. The van der Waals surface area contributed by atoms with Crippen molar-refractivity contribution in [1.29, 1.82) is 0 Å². The van der Waals surface area contributed by atoms with Crippen LogP contribution in [-0.2, 0) is 14.4 Å². The fraction of sp³-hybridized carbons (Fsp3) is 0.211. The van der Waals surface area contributed by atoms with E-state index in [4.69, 9.17) is 14.3 Å². The van der Waals surface area contributed by atoms with E-state index in [2.05, 4.69) is 15.8 Å². The number of anilines is 2. The normalized spacial score (nSPS) is 13.6. The van der Waals surface area contributed by atoms with Crippen LogP contribution in [0, 0.1) is 11.6 Å². The number of carbonyl (C=O) groups is 2. The second-order valence-corrected chi connectivity index (χ2v) is 5.94. The quantitative estimate of drug-likeness (QED) is 0.569. The average molecular weight is 405 g/mol. The summed E-state index contributed by atoms with van der Waals surface area (Å²) in [4.78, 5) is 28.8. The molecule has 152 valence electrons. The van der Waals surface area contributed by atoms with E-state index in [0.717, 1.165) is 18.3 Å². The van der Waals surface area contributed by atoms with Gasteiger partial charge in [-0.05, 0) is 31.2 Å². The summed E-state index contributed by atoms with van der Waals surface area (Å²) in [5.41, 5.74) is 0.260. The summed E-state index contributed by atoms with van der Waals surface area (Å²) < 4.78 is 37.2. The summed E-state index contributed by atoms with van der Waals surface area (Å²) in [6.45, 7) is 2.31. The van der Waals surface area contributed by atoms with E-state index in [1.54, 1.807) is 18.2 Å². The smallest absolute Gasteiger partial charge is 0.270 e. The first-order valence-corrected chi connectivity index (χ1v) is 8.58. The number of carbonyl (C=O) groups excluding carboxylic acids is 2. The maximum atomic E-state index is 13.5. The lowest BCUT2D eigenvalue weighted by Gasteiger charge is -2.19. The molecule has 1 aliphatic heterocycles. The summed E-state index contributed by atoms with van der Waals surface area (Å²) in [7, 11) is 0. The monoisotopic (exact) mass is 405 g/mol. The third kappa shape index (κ3) is 5.41. The van der Waals surface area contributed by atoms with Gasteiger partial charge in [-0.1, -0.05) is 5.16 Å². The van der Waals surface area contributed by atoms with Gasteiger partial charge in [-0.25, -0.2) is 8.78 Å². The molecular formula is C19H17F2N3O5. The van der Waals surface area contributed by atoms with Crippen LogP contribution in [0.15, 0.2) is 41.6 Å². The molecule has 2 aromatic carbocycles. The molecule has 1 heterocycles. The molecule has 8 nitrogen and oxygen atoms in total. The minimum atomic E-state index is -1.02. The lowest BCUT2D eigenvalue weighted by Crippen LogP contribution is -2.27. The van der Waals surface area contributed by atoms with Crippen molar-refractivity contribution in [3.63, 3.8) is 0 Å². The molecule has 2 N–H and O–H groups in total. The summed E-state index contributed by atoms with van der Waals surface area (Å²) in [5, 5.41) is 8.20. The van der Waals surface area contributed by atoms with Crippen molar-refractivity contribution in [2.75, 3.05) is 23.8 Å². The number of amides is 2. The number of hydrogen-bond acceptors (Lipinski definition) is 6. The van der Waals surface area contributed by atoms with E-state index in [9.17, 15) is 18.4 Å². The van der Waals surface area contributed by atoms with Crippen molar-refractivity contribution >= 4 is 29.4 Å².